The van der Waals surface area contributed by atoms with E-state index in [0.717, 1.165) is 25.7 Å². The van der Waals surface area contributed by atoms with Crippen molar-refractivity contribution in [3.63, 3.8) is 0 Å². The first-order chi connectivity index (χ1) is 10.1. The van der Waals surface area contributed by atoms with Crippen LogP contribution in [0.2, 0.25) is 0 Å². The normalized spacial score (nSPS) is 26.2. The molecule has 0 aromatic carbocycles. The molecule has 0 spiro atoms. The van der Waals surface area contributed by atoms with Gasteiger partial charge in [0, 0.05) is 18.7 Å². The predicted octanol–water partition coefficient (Wildman–Crippen LogP) is 1.85. The summed E-state index contributed by atoms with van der Waals surface area (Å²) >= 11 is 0. The van der Waals surface area contributed by atoms with E-state index in [1.54, 1.807) is 4.90 Å². The van der Waals surface area contributed by atoms with Gasteiger partial charge >= 0.3 is 0 Å². The molecule has 2 unspecified atom stereocenters. The second-order valence-corrected chi connectivity index (χ2v) is 6.23. The molecule has 1 aliphatic carbocycles. The molecule has 2 fully saturated rings. The van der Waals surface area contributed by atoms with E-state index in [0.29, 0.717) is 19.6 Å². The zero-order valence-corrected chi connectivity index (χ0v) is 13.3. The second kappa shape index (κ2) is 7.90. The topological polar surface area (TPSA) is 58.6 Å². The van der Waals surface area contributed by atoms with Gasteiger partial charge in [-0.3, -0.25) is 14.5 Å². The molecular weight excluding hydrogens is 268 g/mol. The number of hydrogen-bond donors (Lipinski definition) is 1. The summed E-state index contributed by atoms with van der Waals surface area (Å²) in [6.45, 7) is 5.17. The van der Waals surface area contributed by atoms with Crippen molar-refractivity contribution in [1.29, 1.82) is 0 Å². The van der Waals surface area contributed by atoms with E-state index in [2.05, 4.69) is 5.32 Å². The molecule has 0 aromatic rings. The zero-order chi connectivity index (χ0) is 15.2. The summed E-state index contributed by atoms with van der Waals surface area (Å²) in [6, 6.07) is -0.154. The first-order valence-electron chi connectivity index (χ1n) is 8.33. The Bertz CT molecular complexity index is 365. The Labute approximate surface area is 127 Å². The van der Waals surface area contributed by atoms with E-state index in [9.17, 15) is 9.59 Å². The minimum absolute atomic E-state index is 0.00647. The van der Waals surface area contributed by atoms with Crippen molar-refractivity contribution < 1.29 is 14.3 Å². The summed E-state index contributed by atoms with van der Waals surface area (Å²) in [4.78, 5) is 26.3. The summed E-state index contributed by atoms with van der Waals surface area (Å²) in [5.74, 6) is -0.0386. The number of nitrogens with zero attached hydrogens (tertiary/aromatic N) is 1. The zero-order valence-electron chi connectivity index (χ0n) is 13.3. The molecule has 5 nitrogen and oxygen atoms in total. The van der Waals surface area contributed by atoms with Gasteiger partial charge < -0.3 is 10.1 Å². The number of ether oxygens (including phenoxy) is 1. The van der Waals surface area contributed by atoms with Crippen LogP contribution in [0, 0.1) is 0 Å². The van der Waals surface area contributed by atoms with Crippen molar-refractivity contribution in [2.75, 3.05) is 13.2 Å². The Morgan fingerprint density at radius 1 is 1.24 bits per heavy atom. The molecule has 2 rings (SSSR count). The monoisotopic (exact) mass is 296 g/mol. The van der Waals surface area contributed by atoms with Gasteiger partial charge in [-0.2, -0.15) is 0 Å². The Kier molecular flexibility index (Phi) is 6.18. The van der Waals surface area contributed by atoms with Crippen LogP contribution in [-0.4, -0.2) is 48.1 Å². The fourth-order valence-electron chi connectivity index (χ4n) is 3.37. The van der Waals surface area contributed by atoms with E-state index in [4.69, 9.17) is 4.74 Å². The largest absolute Gasteiger partial charge is 0.380 e. The third-order valence-corrected chi connectivity index (χ3v) is 4.43. The van der Waals surface area contributed by atoms with Crippen LogP contribution in [0.25, 0.3) is 0 Å². The van der Waals surface area contributed by atoms with E-state index < -0.39 is 0 Å². The van der Waals surface area contributed by atoms with Crippen molar-refractivity contribution in [2.24, 2.45) is 0 Å². The van der Waals surface area contributed by atoms with Crippen LogP contribution < -0.4 is 5.32 Å². The lowest BCUT2D eigenvalue weighted by molar-refractivity contribution is -0.141. The third-order valence-electron chi connectivity index (χ3n) is 4.43. The number of imide groups is 1. The Morgan fingerprint density at radius 2 is 1.90 bits per heavy atom. The molecule has 0 radical (unpaired) electrons. The average Bonchev–Trinajstić information content (AvgIpc) is 2.66. The molecule has 1 N–H and O–H groups in total. The number of likely N-dealkylation sites (tertiary alicyclic amines) is 1. The highest BCUT2D eigenvalue weighted by molar-refractivity contribution is 6.05. The van der Waals surface area contributed by atoms with Crippen molar-refractivity contribution >= 4 is 11.8 Å². The summed E-state index contributed by atoms with van der Waals surface area (Å²) in [5.41, 5.74) is 0. The second-order valence-electron chi connectivity index (χ2n) is 6.23. The maximum Gasteiger partial charge on any atom is 0.247 e. The number of rotatable bonds is 6. The van der Waals surface area contributed by atoms with Crippen LogP contribution in [0.1, 0.15) is 58.8 Å². The van der Waals surface area contributed by atoms with Crippen LogP contribution in [0.5, 0.6) is 0 Å². The van der Waals surface area contributed by atoms with Crippen LogP contribution in [0.4, 0.5) is 0 Å². The Morgan fingerprint density at radius 3 is 2.52 bits per heavy atom. The summed E-state index contributed by atoms with van der Waals surface area (Å²) < 4.78 is 5.36. The molecule has 1 aliphatic heterocycles. The molecule has 0 aromatic heterocycles. The van der Waals surface area contributed by atoms with Gasteiger partial charge in [-0.25, -0.2) is 0 Å². The van der Waals surface area contributed by atoms with Crippen molar-refractivity contribution in [3.05, 3.63) is 0 Å². The van der Waals surface area contributed by atoms with E-state index in [1.165, 1.54) is 12.8 Å². The molecule has 5 heteroatoms. The quantitative estimate of drug-likeness (QED) is 0.600. The molecule has 1 saturated heterocycles. The first kappa shape index (κ1) is 16.4. The fraction of sp³-hybridized carbons (Fsp3) is 0.875. The molecule has 120 valence electrons. The highest BCUT2D eigenvalue weighted by atomic mass is 16.5. The maximum absolute atomic E-state index is 12.5. The molecule has 1 heterocycles. The lowest BCUT2D eigenvalue weighted by Crippen LogP contribution is -2.46. The number of nitrogens with one attached hydrogen (secondary N) is 1. The van der Waals surface area contributed by atoms with Gasteiger partial charge in [0.05, 0.1) is 19.1 Å². The molecule has 0 bridgehead atoms. The summed E-state index contributed by atoms with van der Waals surface area (Å²) in [6.07, 6.45) is 6.93. The van der Waals surface area contributed by atoms with Crippen LogP contribution >= 0.6 is 0 Å². The molecule has 21 heavy (non-hydrogen) atoms. The average molecular weight is 296 g/mol. The van der Waals surface area contributed by atoms with Gasteiger partial charge in [-0.05, 0) is 26.7 Å². The van der Waals surface area contributed by atoms with E-state index in [1.807, 2.05) is 13.8 Å². The molecule has 2 aliphatic rings. The predicted molar refractivity (Wildman–Crippen MR) is 80.8 cm³/mol. The number of hydrogen-bond acceptors (Lipinski definition) is 4. The minimum Gasteiger partial charge on any atom is -0.380 e. The molecule has 2 atom stereocenters. The Hall–Kier alpha value is -0.940. The van der Waals surface area contributed by atoms with Crippen LogP contribution in [0.3, 0.4) is 0 Å². The van der Waals surface area contributed by atoms with Crippen LogP contribution in [-0.2, 0) is 14.3 Å². The van der Waals surface area contributed by atoms with Gasteiger partial charge in [0.1, 0.15) is 0 Å². The summed E-state index contributed by atoms with van der Waals surface area (Å²) in [7, 11) is 0. The minimum atomic E-state index is -0.365. The number of carbonyl (C=O) groups is 2. The Balaban J connectivity index is 1.92. The third kappa shape index (κ3) is 4.27. The molecule has 2 amide bonds. The smallest absolute Gasteiger partial charge is 0.247 e. The number of carbonyl (C=O) groups excluding carboxylic acids is 2. The van der Waals surface area contributed by atoms with Crippen molar-refractivity contribution in [1.82, 2.24) is 10.2 Å². The fourth-order valence-corrected chi connectivity index (χ4v) is 3.37. The van der Waals surface area contributed by atoms with Crippen molar-refractivity contribution in [3.8, 4) is 0 Å². The SMILES string of the molecule is CCOCC(C)NC1CC(=O)N(C2CCCCCC2)C1=O. The highest BCUT2D eigenvalue weighted by Crippen LogP contribution is 2.26. The van der Waals surface area contributed by atoms with Gasteiger partial charge in [-0.1, -0.05) is 25.7 Å². The number of amides is 2. The highest BCUT2D eigenvalue weighted by Gasteiger charge is 2.42. The van der Waals surface area contributed by atoms with Crippen LogP contribution in [0.15, 0.2) is 0 Å². The van der Waals surface area contributed by atoms with Crippen molar-refractivity contribution in [2.45, 2.75) is 76.9 Å². The summed E-state index contributed by atoms with van der Waals surface area (Å²) in [5, 5.41) is 3.24. The first-order valence-corrected chi connectivity index (χ1v) is 8.33. The maximum atomic E-state index is 12.5. The standard InChI is InChI=1S/C16H28N2O3/c1-3-21-11-12(2)17-14-10-15(19)18(16(14)20)13-8-6-4-5-7-9-13/h12-14,17H,3-11H2,1-2H3. The molecular formula is C16H28N2O3. The van der Waals surface area contributed by atoms with Gasteiger partial charge in [0.25, 0.3) is 0 Å². The van der Waals surface area contributed by atoms with Gasteiger partial charge in [0.15, 0.2) is 0 Å². The van der Waals surface area contributed by atoms with Gasteiger partial charge in [-0.15, -0.1) is 0 Å². The van der Waals surface area contributed by atoms with Gasteiger partial charge in [0.2, 0.25) is 11.8 Å². The van der Waals surface area contributed by atoms with E-state index >= 15 is 0 Å². The lowest BCUT2D eigenvalue weighted by atomic mass is 10.1. The lowest BCUT2D eigenvalue weighted by Gasteiger charge is -2.26. The van der Waals surface area contributed by atoms with E-state index in [-0.39, 0.29) is 29.9 Å². The molecule has 1 saturated carbocycles.